The molecule has 14 heavy (non-hydrogen) atoms. The van der Waals surface area contributed by atoms with Crippen molar-refractivity contribution in [1.82, 2.24) is 0 Å². The number of nitriles is 1. The third-order valence-electron chi connectivity index (χ3n) is 2.13. The standard InChI is InChI=1S/C11H15NOS/c1-9-5-7-13-11(9)8-14-10(2)4-3-6-12/h5,7,10H,3-4,8H2,1-2H3. The first kappa shape index (κ1) is 11.2. The van der Waals surface area contributed by atoms with Crippen molar-refractivity contribution in [3.05, 3.63) is 23.7 Å². The first-order valence-corrected chi connectivity index (χ1v) is 5.80. The van der Waals surface area contributed by atoms with Gasteiger partial charge in [-0.15, -0.1) is 0 Å². The average Bonchev–Trinajstić information content (AvgIpc) is 2.58. The van der Waals surface area contributed by atoms with Crippen LogP contribution in [-0.2, 0) is 5.75 Å². The van der Waals surface area contributed by atoms with Crippen LogP contribution in [0.3, 0.4) is 0 Å². The predicted molar refractivity (Wildman–Crippen MR) is 59.0 cm³/mol. The van der Waals surface area contributed by atoms with Crippen LogP contribution in [0.15, 0.2) is 16.7 Å². The van der Waals surface area contributed by atoms with Crippen LogP contribution in [0, 0.1) is 18.3 Å². The van der Waals surface area contributed by atoms with Crippen LogP contribution in [0.4, 0.5) is 0 Å². The minimum absolute atomic E-state index is 0.527. The molecule has 0 spiro atoms. The number of rotatable bonds is 5. The number of nitrogens with zero attached hydrogens (tertiary/aromatic N) is 1. The molecule has 0 aromatic carbocycles. The summed E-state index contributed by atoms with van der Waals surface area (Å²) in [5.41, 5.74) is 1.21. The third kappa shape index (κ3) is 3.47. The zero-order valence-corrected chi connectivity index (χ0v) is 9.43. The molecule has 1 rings (SSSR count). The Labute approximate surface area is 89.3 Å². The normalized spacial score (nSPS) is 12.4. The van der Waals surface area contributed by atoms with E-state index in [2.05, 4.69) is 19.9 Å². The molecule has 1 atom stereocenters. The zero-order valence-electron chi connectivity index (χ0n) is 8.62. The quantitative estimate of drug-likeness (QED) is 0.744. The Bertz CT molecular complexity index is 313. The molecule has 0 radical (unpaired) electrons. The number of furan rings is 1. The fourth-order valence-electron chi connectivity index (χ4n) is 1.12. The second kappa shape index (κ2) is 5.77. The smallest absolute Gasteiger partial charge is 0.116 e. The highest BCUT2D eigenvalue weighted by Crippen LogP contribution is 2.23. The number of hydrogen-bond acceptors (Lipinski definition) is 3. The van der Waals surface area contributed by atoms with Crippen LogP contribution in [0.25, 0.3) is 0 Å². The molecule has 1 aromatic heterocycles. The van der Waals surface area contributed by atoms with Crippen molar-refractivity contribution in [3.63, 3.8) is 0 Å². The molecule has 0 saturated carbocycles. The largest absolute Gasteiger partial charge is 0.468 e. The Morgan fingerprint density at radius 2 is 2.43 bits per heavy atom. The number of aryl methyl sites for hydroxylation is 1. The van der Waals surface area contributed by atoms with Gasteiger partial charge in [0.05, 0.1) is 18.1 Å². The van der Waals surface area contributed by atoms with E-state index in [9.17, 15) is 0 Å². The summed E-state index contributed by atoms with van der Waals surface area (Å²) in [5, 5.41) is 8.96. The molecule has 76 valence electrons. The Morgan fingerprint density at radius 3 is 3.00 bits per heavy atom. The minimum atomic E-state index is 0.527. The number of thioether (sulfide) groups is 1. The SMILES string of the molecule is Cc1ccoc1CSC(C)CCC#N. The van der Waals surface area contributed by atoms with Crippen LogP contribution in [0.2, 0.25) is 0 Å². The molecule has 0 aliphatic heterocycles. The van der Waals surface area contributed by atoms with Crippen molar-refractivity contribution < 1.29 is 4.42 Å². The van der Waals surface area contributed by atoms with Gasteiger partial charge < -0.3 is 4.42 Å². The van der Waals surface area contributed by atoms with Crippen LogP contribution in [-0.4, -0.2) is 5.25 Å². The first-order valence-electron chi connectivity index (χ1n) is 4.75. The van der Waals surface area contributed by atoms with Gasteiger partial charge >= 0.3 is 0 Å². The first-order chi connectivity index (χ1) is 6.74. The monoisotopic (exact) mass is 209 g/mol. The van der Waals surface area contributed by atoms with Crippen molar-refractivity contribution in [2.24, 2.45) is 0 Å². The third-order valence-corrected chi connectivity index (χ3v) is 3.36. The maximum absolute atomic E-state index is 8.43. The Kier molecular flexibility index (Phi) is 4.61. The van der Waals surface area contributed by atoms with Crippen molar-refractivity contribution >= 4 is 11.8 Å². The van der Waals surface area contributed by atoms with Crippen LogP contribution < -0.4 is 0 Å². The number of hydrogen-bond donors (Lipinski definition) is 0. The van der Waals surface area contributed by atoms with E-state index in [-0.39, 0.29) is 0 Å². The van der Waals surface area contributed by atoms with Gasteiger partial charge in [0.2, 0.25) is 0 Å². The van der Waals surface area contributed by atoms with Gasteiger partial charge in [0.15, 0.2) is 0 Å². The summed E-state index contributed by atoms with van der Waals surface area (Å²) < 4.78 is 5.33. The molecule has 2 nitrogen and oxygen atoms in total. The van der Waals surface area contributed by atoms with Gasteiger partial charge in [0.1, 0.15) is 5.76 Å². The van der Waals surface area contributed by atoms with Crippen molar-refractivity contribution in [2.75, 3.05) is 0 Å². The van der Waals surface area contributed by atoms with E-state index in [4.69, 9.17) is 9.68 Å². The molecule has 1 aromatic rings. The molecule has 0 fully saturated rings. The van der Waals surface area contributed by atoms with E-state index < -0.39 is 0 Å². The van der Waals surface area contributed by atoms with Gasteiger partial charge in [-0.05, 0) is 25.0 Å². The highest BCUT2D eigenvalue weighted by atomic mass is 32.2. The molecule has 0 aliphatic rings. The molecule has 0 N–H and O–H groups in total. The zero-order chi connectivity index (χ0) is 10.4. The summed E-state index contributed by atoms with van der Waals surface area (Å²) in [4.78, 5) is 0. The predicted octanol–water partition coefficient (Wildman–Crippen LogP) is 3.51. The summed E-state index contributed by atoms with van der Waals surface area (Å²) in [5.74, 6) is 1.96. The van der Waals surface area contributed by atoms with Crippen molar-refractivity contribution in [1.29, 1.82) is 5.26 Å². The van der Waals surface area contributed by atoms with Gasteiger partial charge in [-0.25, -0.2) is 0 Å². The highest BCUT2D eigenvalue weighted by Gasteiger charge is 2.06. The minimum Gasteiger partial charge on any atom is -0.468 e. The van der Waals surface area contributed by atoms with Gasteiger partial charge in [0.25, 0.3) is 0 Å². The van der Waals surface area contributed by atoms with Gasteiger partial charge in [-0.2, -0.15) is 17.0 Å². The Balaban J connectivity index is 2.27. The summed E-state index contributed by atoms with van der Waals surface area (Å²) in [7, 11) is 0. The van der Waals surface area contributed by atoms with E-state index in [1.54, 1.807) is 6.26 Å². The second-order valence-corrected chi connectivity index (χ2v) is 4.77. The Morgan fingerprint density at radius 1 is 1.64 bits per heavy atom. The van der Waals surface area contributed by atoms with Crippen molar-refractivity contribution in [2.45, 2.75) is 37.7 Å². The molecule has 0 aliphatic carbocycles. The maximum atomic E-state index is 8.43. The molecule has 0 bridgehead atoms. The van der Waals surface area contributed by atoms with Crippen molar-refractivity contribution in [3.8, 4) is 6.07 Å². The summed E-state index contributed by atoms with van der Waals surface area (Å²) >= 11 is 1.84. The van der Waals surface area contributed by atoms with E-state index in [0.29, 0.717) is 11.7 Å². The molecule has 1 heterocycles. The lowest BCUT2D eigenvalue weighted by molar-refractivity contribution is 0.527. The van der Waals surface area contributed by atoms with Crippen LogP contribution in [0.1, 0.15) is 31.1 Å². The fourth-order valence-corrected chi connectivity index (χ4v) is 2.14. The molecular formula is C11H15NOS. The summed E-state index contributed by atoms with van der Waals surface area (Å²) in [6, 6.07) is 4.15. The van der Waals surface area contributed by atoms with Gasteiger partial charge in [0, 0.05) is 11.7 Å². The Hall–Kier alpha value is -0.880. The van der Waals surface area contributed by atoms with E-state index in [1.807, 2.05) is 17.8 Å². The van der Waals surface area contributed by atoms with Gasteiger partial charge in [-0.3, -0.25) is 0 Å². The lowest BCUT2D eigenvalue weighted by Gasteiger charge is -2.07. The molecule has 0 amide bonds. The molecule has 0 saturated heterocycles. The van der Waals surface area contributed by atoms with Gasteiger partial charge in [-0.1, -0.05) is 6.92 Å². The van der Waals surface area contributed by atoms with E-state index in [0.717, 1.165) is 17.9 Å². The summed E-state index contributed by atoms with van der Waals surface area (Å²) in [6.45, 7) is 4.21. The molecule has 1 unspecified atom stereocenters. The van der Waals surface area contributed by atoms with E-state index in [1.165, 1.54) is 5.56 Å². The lowest BCUT2D eigenvalue weighted by atomic mass is 10.3. The fraction of sp³-hybridized carbons (Fsp3) is 0.545. The summed E-state index contributed by atoms with van der Waals surface area (Å²) in [6.07, 6.45) is 3.33. The second-order valence-electron chi connectivity index (χ2n) is 3.35. The molecule has 3 heteroatoms. The van der Waals surface area contributed by atoms with Crippen LogP contribution in [0.5, 0.6) is 0 Å². The lowest BCUT2D eigenvalue weighted by Crippen LogP contribution is -1.96. The highest BCUT2D eigenvalue weighted by molar-refractivity contribution is 7.99. The molecular weight excluding hydrogens is 194 g/mol. The maximum Gasteiger partial charge on any atom is 0.116 e. The topological polar surface area (TPSA) is 36.9 Å². The van der Waals surface area contributed by atoms with Crippen LogP contribution >= 0.6 is 11.8 Å². The van der Waals surface area contributed by atoms with E-state index >= 15 is 0 Å². The average molecular weight is 209 g/mol.